The van der Waals surface area contributed by atoms with Crippen molar-refractivity contribution in [3.05, 3.63) is 65.7 Å². The molecule has 140 valence electrons. The van der Waals surface area contributed by atoms with E-state index < -0.39 is 9.84 Å². The van der Waals surface area contributed by atoms with Gasteiger partial charge in [-0.25, -0.2) is 8.42 Å². The minimum atomic E-state index is -3.45. The second-order valence-electron chi connectivity index (χ2n) is 6.58. The molecule has 0 saturated heterocycles. The molecule has 2 aromatic rings. The molecule has 0 aliphatic carbocycles. The van der Waals surface area contributed by atoms with Gasteiger partial charge in [-0.15, -0.1) is 0 Å². The van der Waals surface area contributed by atoms with Crippen LogP contribution in [-0.4, -0.2) is 45.6 Å². The van der Waals surface area contributed by atoms with E-state index in [2.05, 4.69) is 5.32 Å². The van der Waals surface area contributed by atoms with Gasteiger partial charge in [-0.1, -0.05) is 48.0 Å². The van der Waals surface area contributed by atoms with Gasteiger partial charge in [0, 0.05) is 13.0 Å². The maximum atomic E-state index is 12.3. The Kier molecular flexibility index (Phi) is 6.94. The summed E-state index contributed by atoms with van der Waals surface area (Å²) in [6.45, 7) is 2.33. The van der Waals surface area contributed by atoms with Crippen LogP contribution >= 0.6 is 0 Å². The fourth-order valence-electron chi connectivity index (χ4n) is 2.66. The first kappa shape index (κ1) is 20.1. The molecule has 0 aliphatic rings. The zero-order chi connectivity index (χ0) is 19.2. The predicted molar refractivity (Wildman–Crippen MR) is 104 cm³/mol. The molecule has 2 aromatic carbocycles. The summed E-state index contributed by atoms with van der Waals surface area (Å²) in [6, 6.07) is 16.6. The van der Waals surface area contributed by atoms with Crippen molar-refractivity contribution >= 4 is 15.7 Å². The molecule has 2 rings (SSSR count). The molecular formula is C20H26N2O3S. The predicted octanol–water partition coefficient (Wildman–Crippen LogP) is 2.58. The number of likely N-dealkylation sites (N-methyl/N-ethyl adjacent to an activating group) is 1. The standard InChI is InChI=1S/C20H26N2O3S/c1-16-9-11-18(12-10-16)26(24,25)14-13-20(23)21-15-19(22(2)3)17-7-5-4-6-8-17/h4-12,19H,13-15H2,1-3H3,(H,21,23)/t19-/m0/s1. The first-order valence-electron chi connectivity index (χ1n) is 8.57. The number of carbonyl (C=O) groups excluding carboxylic acids is 1. The maximum absolute atomic E-state index is 12.3. The lowest BCUT2D eigenvalue weighted by Crippen LogP contribution is -2.35. The first-order valence-corrected chi connectivity index (χ1v) is 10.2. The van der Waals surface area contributed by atoms with Crippen LogP contribution in [0.2, 0.25) is 0 Å². The zero-order valence-corrected chi connectivity index (χ0v) is 16.3. The van der Waals surface area contributed by atoms with E-state index in [1.165, 1.54) is 0 Å². The summed E-state index contributed by atoms with van der Waals surface area (Å²) in [6.07, 6.45) is -0.0504. The van der Waals surface area contributed by atoms with Gasteiger partial charge in [-0.05, 0) is 38.7 Å². The molecule has 0 saturated carbocycles. The van der Waals surface area contributed by atoms with E-state index in [1.54, 1.807) is 24.3 Å². The van der Waals surface area contributed by atoms with Crippen LogP contribution in [0.15, 0.2) is 59.5 Å². The smallest absolute Gasteiger partial charge is 0.221 e. The quantitative estimate of drug-likeness (QED) is 0.771. The molecule has 1 amide bonds. The van der Waals surface area contributed by atoms with Crippen molar-refractivity contribution in [2.75, 3.05) is 26.4 Å². The van der Waals surface area contributed by atoms with Crippen LogP contribution in [0.1, 0.15) is 23.6 Å². The number of aryl methyl sites for hydroxylation is 1. The molecule has 0 heterocycles. The number of carbonyl (C=O) groups is 1. The Morgan fingerprint density at radius 1 is 1.04 bits per heavy atom. The number of amides is 1. The number of hydrogen-bond donors (Lipinski definition) is 1. The van der Waals surface area contributed by atoms with Crippen molar-refractivity contribution < 1.29 is 13.2 Å². The van der Waals surface area contributed by atoms with Gasteiger partial charge in [0.25, 0.3) is 0 Å². The number of benzene rings is 2. The fraction of sp³-hybridized carbons (Fsp3) is 0.350. The molecular weight excluding hydrogens is 348 g/mol. The normalized spacial score (nSPS) is 12.8. The fourth-order valence-corrected chi connectivity index (χ4v) is 3.90. The summed E-state index contributed by atoms with van der Waals surface area (Å²) in [5.74, 6) is -0.455. The van der Waals surface area contributed by atoms with Crippen molar-refractivity contribution in [1.29, 1.82) is 0 Å². The topological polar surface area (TPSA) is 66.5 Å². The van der Waals surface area contributed by atoms with E-state index >= 15 is 0 Å². The van der Waals surface area contributed by atoms with E-state index in [9.17, 15) is 13.2 Å². The average Bonchev–Trinajstić information content (AvgIpc) is 2.61. The van der Waals surface area contributed by atoms with Gasteiger partial charge >= 0.3 is 0 Å². The van der Waals surface area contributed by atoms with Crippen LogP contribution in [0.25, 0.3) is 0 Å². The van der Waals surface area contributed by atoms with Crippen molar-refractivity contribution in [2.24, 2.45) is 0 Å². The van der Waals surface area contributed by atoms with Crippen molar-refractivity contribution in [3.8, 4) is 0 Å². The largest absolute Gasteiger partial charge is 0.354 e. The Balaban J connectivity index is 1.91. The van der Waals surface area contributed by atoms with Gasteiger partial charge in [0.2, 0.25) is 5.91 Å². The Morgan fingerprint density at radius 3 is 2.23 bits per heavy atom. The highest BCUT2D eigenvalue weighted by Crippen LogP contribution is 2.17. The number of hydrogen-bond acceptors (Lipinski definition) is 4. The minimum Gasteiger partial charge on any atom is -0.354 e. The molecule has 5 nitrogen and oxygen atoms in total. The molecule has 0 fully saturated rings. The summed E-state index contributed by atoms with van der Waals surface area (Å²) in [4.78, 5) is 14.4. The molecule has 6 heteroatoms. The highest BCUT2D eigenvalue weighted by Gasteiger charge is 2.18. The Bertz CT molecular complexity index is 816. The third-order valence-electron chi connectivity index (χ3n) is 4.28. The molecule has 1 atom stereocenters. The van der Waals surface area contributed by atoms with E-state index in [-0.39, 0.29) is 29.0 Å². The number of nitrogens with one attached hydrogen (secondary N) is 1. The third-order valence-corrected chi connectivity index (χ3v) is 6.01. The van der Waals surface area contributed by atoms with Crippen LogP contribution in [-0.2, 0) is 14.6 Å². The molecule has 0 radical (unpaired) electrons. The molecule has 0 aromatic heterocycles. The average molecular weight is 375 g/mol. The highest BCUT2D eigenvalue weighted by atomic mass is 32.2. The molecule has 26 heavy (non-hydrogen) atoms. The summed E-state index contributed by atoms with van der Waals surface area (Å²) in [7, 11) is 0.450. The molecule has 0 bridgehead atoms. The van der Waals surface area contributed by atoms with Gasteiger partial charge in [-0.2, -0.15) is 0 Å². The lowest BCUT2D eigenvalue weighted by Gasteiger charge is -2.25. The SMILES string of the molecule is Cc1ccc(S(=O)(=O)CCC(=O)NC[C@@H](c2ccccc2)N(C)C)cc1. The van der Waals surface area contributed by atoms with Crippen LogP contribution in [0.3, 0.4) is 0 Å². The summed E-state index contributed by atoms with van der Waals surface area (Å²) in [5.41, 5.74) is 2.10. The molecule has 0 aliphatic heterocycles. The third kappa shape index (κ3) is 5.68. The summed E-state index contributed by atoms with van der Waals surface area (Å²) >= 11 is 0. The Hall–Kier alpha value is -2.18. The lowest BCUT2D eigenvalue weighted by molar-refractivity contribution is -0.120. The van der Waals surface area contributed by atoms with Gasteiger partial charge in [0.15, 0.2) is 9.84 Å². The minimum absolute atomic E-state index is 0.0360. The zero-order valence-electron chi connectivity index (χ0n) is 15.5. The Labute approximate surface area is 156 Å². The monoisotopic (exact) mass is 374 g/mol. The lowest BCUT2D eigenvalue weighted by atomic mass is 10.1. The van der Waals surface area contributed by atoms with E-state index in [1.807, 2.05) is 56.3 Å². The van der Waals surface area contributed by atoms with Crippen molar-refractivity contribution in [1.82, 2.24) is 10.2 Å². The van der Waals surface area contributed by atoms with Crippen LogP contribution in [0.4, 0.5) is 0 Å². The first-order chi connectivity index (χ1) is 12.3. The van der Waals surface area contributed by atoms with Crippen molar-refractivity contribution in [3.63, 3.8) is 0 Å². The molecule has 0 spiro atoms. The second kappa shape index (κ2) is 8.96. The summed E-state index contributed by atoms with van der Waals surface area (Å²) in [5, 5.41) is 2.85. The van der Waals surface area contributed by atoms with Gasteiger partial charge in [0.1, 0.15) is 0 Å². The number of rotatable bonds is 8. The van der Waals surface area contributed by atoms with Gasteiger partial charge in [-0.3, -0.25) is 4.79 Å². The van der Waals surface area contributed by atoms with Crippen molar-refractivity contribution in [2.45, 2.75) is 24.3 Å². The van der Waals surface area contributed by atoms with Gasteiger partial charge < -0.3 is 10.2 Å². The van der Waals surface area contributed by atoms with Crippen LogP contribution in [0, 0.1) is 6.92 Å². The van der Waals surface area contributed by atoms with Crippen LogP contribution in [0.5, 0.6) is 0 Å². The van der Waals surface area contributed by atoms with E-state index in [0.717, 1.165) is 11.1 Å². The maximum Gasteiger partial charge on any atom is 0.221 e. The number of sulfone groups is 1. The second-order valence-corrected chi connectivity index (χ2v) is 8.69. The molecule has 1 N–H and O–H groups in total. The molecule has 0 unspecified atom stereocenters. The van der Waals surface area contributed by atoms with Crippen LogP contribution < -0.4 is 5.32 Å². The van der Waals surface area contributed by atoms with Gasteiger partial charge in [0.05, 0.1) is 16.7 Å². The Morgan fingerprint density at radius 2 is 1.65 bits per heavy atom. The van der Waals surface area contributed by atoms with E-state index in [0.29, 0.717) is 6.54 Å². The summed E-state index contributed by atoms with van der Waals surface area (Å²) < 4.78 is 24.7. The van der Waals surface area contributed by atoms with E-state index in [4.69, 9.17) is 0 Å². The highest BCUT2D eigenvalue weighted by molar-refractivity contribution is 7.91. The number of nitrogens with zero attached hydrogens (tertiary/aromatic N) is 1.